The summed E-state index contributed by atoms with van der Waals surface area (Å²) in [7, 11) is 0. The van der Waals surface area contributed by atoms with E-state index in [0.717, 1.165) is 19.8 Å². The highest BCUT2D eigenvalue weighted by Gasteiger charge is 2.58. The van der Waals surface area contributed by atoms with Crippen molar-refractivity contribution < 1.29 is 32.9 Å². The van der Waals surface area contributed by atoms with Gasteiger partial charge >= 0.3 is 11.2 Å². The predicted molar refractivity (Wildman–Crippen MR) is 78.0 cm³/mol. The highest BCUT2D eigenvalue weighted by molar-refractivity contribution is 7.95. The zero-order valence-electron chi connectivity index (χ0n) is 12.8. The summed E-state index contributed by atoms with van der Waals surface area (Å²) in [5, 5.41) is 7.63. The van der Waals surface area contributed by atoms with Gasteiger partial charge in [-0.15, -0.1) is 4.33 Å². The molecule has 0 aromatic carbocycles. The van der Waals surface area contributed by atoms with Crippen LogP contribution in [0.5, 0.6) is 0 Å². The number of hydrogen-bond donors (Lipinski definition) is 1. The lowest BCUT2D eigenvalue weighted by Gasteiger charge is -2.56. The third kappa shape index (κ3) is 3.01. The molecule has 4 fully saturated rings. The molecule has 8 heteroatoms. The number of ether oxygens (including phenoxy) is 1. The van der Waals surface area contributed by atoms with Crippen molar-refractivity contribution in [3.63, 3.8) is 0 Å². The molecule has 0 radical (unpaired) electrons. The number of hydrogen-bond acceptors (Lipinski definition) is 6. The molecule has 3 atom stereocenters. The number of esters is 1. The zero-order chi connectivity index (χ0) is 16.8. The standard InChI is InChI=1S/C15H20F2O5S/c1-8-11-3-10-4-12(8)7-14(5-10,6-11)13(18)20-9(2)15(16,17)23-22-21-19/h9-12,19H,1,3-7H2,2H3. The number of alkyl halides is 2. The SMILES string of the molecule is C=C1C2CC3CC1CC(C(=O)OC(C)C(F)(F)SOOO)(C3)C2. The minimum absolute atomic E-state index is 0.310. The fourth-order valence-corrected chi connectivity index (χ4v) is 4.92. The molecule has 4 saturated carbocycles. The van der Waals surface area contributed by atoms with Crippen LogP contribution in [-0.4, -0.2) is 22.6 Å². The summed E-state index contributed by atoms with van der Waals surface area (Å²) in [6, 6.07) is 0. The van der Waals surface area contributed by atoms with Gasteiger partial charge in [-0.05, 0) is 56.8 Å². The van der Waals surface area contributed by atoms with E-state index in [9.17, 15) is 13.6 Å². The van der Waals surface area contributed by atoms with Crippen LogP contribution in [0.1, 0.15) is 39.0 Å². The second kappa shape index (κ2) is 5.98. The van der Waals surface area contributed by atoms with E-state index in [1.807, 2.05) is 0 Å². The molecular formula is C15H20F2O5S. The zero-order valence-corrected chi connectivity index (χ0v) is 13.6. The Kier molecular flexibility index (Phi) is 4.46. The maximum atomic E-state index is 13.8. The number of halogens is 2. The molecule has 0 heterocycles. The van der Waals surface area contributed by atoms with Crippen molar-refractivity contribution >= 4 is 18.0 Å². The quantitative estimate of drug-likeness (QED) is 0.257. The molecule has 5 nitrogen and oxygen atoms in total. The van der Waals surface area contributed by atoms with E-state index >= 15 is 0 Å². The first-order chi connectivity index (χ1) is 10.8. The lowest BCUT2D eigenvalue weighted by atomic mass is 9.48. The van der Waals surface area contributed by atoms with E-state index in [2.05, 4.69) is 16.0 Å². The summed E-state index contributed by atoms with van der Waals surface area (Å²) in [6.45, 7) is 5.25. The van der Waals surface area contributed by atoms with Crippen LogP contribution in [0.3, 0.4) is 0 Å². The molecule has 3 unspecified atom stereocenters. The average molecular weight is 350 g/mol. The second-order valence-electron chi connectivity index (χ2n) is 7.03. The summed E-state index contributed by atoms with van der Waals surface area (Å²) in [5.41, 5.74) is 0.563. The minimum Gasteiger partial charge on any atom is -0.455 e. The van der Waals surface area contributed by atoms with E-state index in [1.54, 1.807) is 0 Å². The van der Waals surface area contributed by atoms with Crippen LogP contribution in [-0.2, 0) is 18.9 Å². The van der Waals surface area contributed by atoms with E-state index in [1.165, 1.54) is 5.57 Å². The van der Waals surface area contributed by atoms with Crippen molar-refractivity contribution in [2.24, 2.45) is 23.2 Å². The van der Waals surface area contributed by atoms with Gasteiger partial charge in [0.25, 0.3) is 0 Å². The Labute approximate surface area is 137 Å². The first-order valence-corrected chi connectivity index (χ1v) is 8.45. The van der Waals surface area contributed by atoms with Crippen molar-refractivity contribution in [3.05, 3.63) is 12.2 Å². The predicted octanol–water partition coefficient (Wildman–Crippen LogP) is 3.96. The van der Waals surface area contributed by atoms with Gasteiger partial charge in [-0.2, -0.15) is 8.78 Å². The normalized spacial score (nSPS) is 37.0. The molecule has 4 aliphatic carbocycles. The Bertz CT molecular complexity index is 494. The Morgan fingerprint density at radius 2 is 2.00 bits per heavy atom. The van der Waals surface area contributed by atoms with Crippen molar-refractivity contribution in [2.45, 2.75) is 50.4 Å². The molecule has 0 spiro atoms. The fourth-order valence-electron chi connectivity index (χ4n) is 4.61. The van der Waals surface area contributed by atoms with E-state index in [4.69, 9.17) is 9.99 Å². The Morgan fingerprint density at radius 3 is 2.57 bits per heavy atom. The van der Waals surface area contributed by atoms with Gasteiger partial charge in [-0.3, -0.25) is 4.79 Å². The van der Waals surface area contributed by atoms with Gasteiger partial charge in [0.2, 0.25) is 0 Å². The van der Waals surface area contributed by atoms with E-state index in [-0.39, 0.29) is 0 Å². The fraction of sp³-hybridized carbons (Fsp3) is 0.800. The summed E-state index contributed by atoms with van der Waals surface area (Å²) >= 11 is -0.391. The molecule has 23 heavy (non-hydrogen) atoms. The number of allylic oxidation sites excluding steroid dienone is 1. The van der Waals surface area contributed by atoms with Crippen LogP contribution in [0, 0.1) is 23.2 Å². The van der Waals surface area contributed by atoms with Gasteiger partial charge < -0.3 is 4.74 Å². The van der Waals surface area contributed by atoms with Gasteiger partial charge in [0.05, 0.1) is 5.41 Å². The highest BCUT2D eigenvalue weighted by atomic mass is 32.2. The van der Waals surface area contributed by atoms with Gasteiger partial charge in [-0.1, -0.05) is 17.2 Å². The second-order valence-corrected chi connectivity index (χ2v) is 7.88. The lowest BCUT2D eigenvalue weighted by molar-refractivity contribution is -0.433. The molecular weight excluding hydrogens is 330 g/mol. The van der Waals surface area contributed by atoms with Crippen LogP contribution in [0.2, 0.25) is 0 Å². The minimum atomic E-state index is -3.52. The Balaban J connectivity index is 1.68. The molecule has 0 amide bonds. The van der Waals surface area contributed by atoms with Gasteiger partial charge in [0.1, 0.15) is 12.0 Å². The van der Waals surface area contributed by atoms with Gasteiger partial charge in [-0.25, -0.2) is 5.26 Å². The van der Waals surface area contributed by atoms with Crippen molar-refractivity contribution in [2.75, 3.05) is 0 Å². The lowest BCUT2D eigenvalue weighted by Crippen LogP contribution is -2.52. The van der Waals surface area contributed by atoms with Crippen LogP contribution >= 0.6 is 12.0 Å². The number of carbonyl (C=O) groups is 1. The third-order valence-corrected chi connectivity index (χ3v) is 6.29. The summed E-state index contributed by atoms with van der Waals surface area (Å²) in [5.74, 6) is 0.527. The van der Waals surface area contributed by atoms with Crippen LogP contribution in [0.15, 0.2) is 12.2 Å². The molecule has 4 bridgehead atoms. The molecule has 0 aromatic heterocycles. The first-order valence-electron chi connectivity index (χ1n) is 7.71. The van der Waals surface area contributed by atoms with Gasteiger partial charge in [0, 0.05) is 0 Å². The molecule has 0 saturated heterocycles. The maximum absolute atomic E-state index is 13.8. The summed E-state index contributed by atoms with van der Waals surface area (Å²) in [4.78, 5) is 12.6. The van der Waals surface area contributed by atoms with E-state index in [0.29, 0.717) is 37.0 Å². The number of rotatable bonds is 6. The smallest absolute Gasteiger partial charge is 0.356 e. The summed E-state index contributed by atoms with van der Waals surface area (Å²) < 4.78 is 36.4. The molecule has 0 aliphatic heterocycles. The van der Waals surface area contributed by atoms with Crippen molar-refractivity contribution in [1.82, 2.24) is 0 Å². The highest BCUT2D eigenvalue weighted by Crippen LogP contribution is 2.62. The molecule has 0 aromatic rings. The van der Waals surface area contributed by atoms with Crippen LogP contribution < -0.4 is 0 Å². The average Bonchev–Trinajstić information content (AvgIpc) is 2.49. The molecule has 130 valence electrons. The van der Waals surface area contributed by atoms with Crippen molar-refractivity contribution in [3.8, 4) is 0 Å². The molecule has 4 aliphatic rings. The monoisotopic (exact) mass is 350 g/mol. The Hall–Kier alpha value is -0.700. The largest absolute Gasteiger partial charge is 0.455 e. The van der Waals surface area contributed by atoms with Crippen LogP contribution in [0.25, 0.3) is 0 Å². The van der Waals surface area contributed by atoms with Crippen LogP contribution in [0.4, 0.5) is 8.78 Å². The maximum Gasteiger partial charge on any atom is 0.356 e. The summed E-state index contributed by atoms with van der Waals surface area (Å²) in [6.07, 6.45) is 2.43. The first kappa shape index (κ1) is 17.1. The molecule has 4 rings (SSSR count). The topological polar surface area (TPSA) is 65.0 Å². The van der Waals surface area contributed by atoms with Gasteiger partial charge in [0.15, 0.2) is 6.10 Å². The number of carbonyl (C=O) groups excluding carboxylic acids is 1. The third-order valence-electron chi connectivity index (χ3n) is 5.60. The Morgan fingerprint density at radius 1 is 1.39 bits per heavy atom. The molecule has 1 N–H and O–H groups in total. The van der Waals surface area contributed by atoms with E-state index < -0.39 is 34.8 Å². The van der Waals surface area contributed by atoms with Crippen molar-refractivity contribution in [1.29, 1.82) is 0 Å².